The number of fused-ring (bicyclic) bond motifs is 2. The smallest absolute Gasteiger partial charge is 0.130 e. The first-order chi connectivity index (χ1) is 6.95. The monoisotopic (exact) mass is 184 g/mol. The van der Waals surface area contributed by atoms with Gasteiger partial charge in [-0.2, -0.15) is 0 Å². The first-order valence-corrected chi connectivity index (χ1v) is 5.09. The second-order valence-corrected chi connectivity index (χ2v) is 3.73. The molecule has 70 valence electrons. The average molecular weight is 184 g/mol. The molecule has 14 heavy (non-hydrogen) atoms. The number of rotatable bonds is 0. The van der Waals surface area contributed by atoms with Gasteiger partial charge in [-0.3, -0.25) is 0 Å². The molecule has 0 amide bonds. The molecule has 0 fully saturated rings. The highest BCUT2D eigenvalue weighted by atomic mass is 16.5. The standard InChI is InChI=1S/C13H12O/c1-2-6-11-10(5-1)9-14-13-8-4-3-7-12(11)13/h1,4-6,8-9H,2-3,7H2. The van der Waals surface area contributed by atoms with Crippen LogP contribution in [0.25, 0.3) is 0 Å². The van der Waals surface area contributed by atoms with E-state index in [1.807, 2.05) is 6.26 Å². The van der Waals surface area contributed by atoms with Crippen molar-refractivity contribution in [2.45, 2.75) is 19.3 Å². The molecule has 0 aromatic heterocycles. The van der Waals surface area contributed by atoms with Crippen LogP contribution < -0.4 is 0 Å². The first-order valence-electron chi connectivity index (χ1n) is 5.09. The molecule has 1 aliphatic heterocycles. The lowest BCUT2D eigenvalue weighted by Crippen LogP contribution is -2.08. The molecule has 1 heterocycles. The minimum atomic E-state index is 1.04. The van der Waals surface area contributed by atoms with Crippen LogP contribution in [-0.2, 0) is 4.74 Å². The largest absolute Gasteiger partial charge is 0.464 e. The molecule has 0 N–H and O–H groups in total. The van der Waals surface area contributed by atoms with Crippen LogP contribution in [0.15, 0.2) is 59.1 Å². The summed E-state index contributed by atoms with van der Waals surface area (Å²) in [6.07, 6.45) is 16.0. The predicted molar refractivity (Wildman–Crippen MR) is 56.4 cm³/mol. The first kappa shape index (κ1) is 7.86. The molecule has 0 spiro atoms. The zero-order valence-electron chi connectivity index (χ0n) is 7.99. The summed E-state index contributed by atoms with van der Waals surface area (Å²) in [5, 5.41) is 0. The van der Waals surface area contributed by atoms with Gasteiger partial charge in [0.05, 0.1) is 6.26 Å². The van der Waals surface area contributed by atoms with E-state index in [0.29, 0.717) is 0 Å². The van der Waals surface area contributed by atoms with E-state index in [1.54, 1.807) is 0 Å². The molecule has 2 aliphatic carbocycles. The summed E-state index contributed by atoms with van der Waals surface area (Å²) in [6, 6.07) is 0. The summed E-state index contributed by atoms with van der Waals surface area (Å²) >= 11 is 0. The molecule has 0 bridgehead atoms. The van der Waals surface area contributed by atoms with Crippen molar-refractivity contribution in [1.29, 1.82) is 0 Å². The van der Waals surface area contributed by atoms with Crippen LogP contribution in [0.5, 0.6) is 0 Å². The van der Waals surface area contributed by atoms with Gasteiger partial charge >= 0.3 is 0 Å². The second-order valence-electron chi connectivity index (χ2n) is 3.73. The third-order valence-corrected chi connectivity index (χ3v) is 2.83. The average Bonchev–Trinajstić information content (AvgIpc) is 2.29. The lowest BCUT2D eigenvalue weighted by atomic mass is 9.87. The molecular weight excluding hydrogens is 172 g/mol. The number of allylic oxidation sites excluding steroid dienone is 8. The molecule has 0 atom stereocenters. The van der Waals surface area contributed by atoms with Gasteiger partial charge in [0.25, 0.3) is 0 Å². The molecule has 0 unspecified atom stereocenters. The molecule has 0 saturated heterocycles. The highest BCUT2D eigenvalue weighted by Gasteiger charge is 2.21. The Morgan fingerprint density at radius 1 is 1.14 bits per heavy atom. The molecular formula is C13H12O. The highest BCUT2D eigenvalue weighted by molar-refractivity contribution is 5.58. The molecule has 3 rings (SSSR count). The van der Waals surface area contributed by atoms with Crippen LogP contribution in [0.3, 0.4) is 0 Å². The van der Waals surface area contributed by atoms with Gasteiger partial charge in [-0.1, -0.05) is 24.3 Å². The normalized spacial score (nSPS) is 23.4. The van der Waals surface area contributed by atoms with E-state index in [2.05, 4.69) is 30.4 Å². The highest BCUT2D eigenvalue weighted by Crippen LogP contribution is 2.36. The van der Waals surface area contributed by atoms with Crippen LogP contribution in [0, 0.1) is 0 Å². The topological polar surface area (TPSA) is 9.23 Å². The second kappa shape index (κ2) is 3.02. The van der Waals surface area contributed by atoms with Crippen molar-refractivity contribution in [3.05, 3.63) is 59.1 Å². The molecule has 0 radical (unpaired) electrons. The van der Waals surface area contributed by atoms with Gasteiger partial charge in [-0.15, -0.1) is 0 Å². The van der Waals surface area contributed by atoms with E-state index in [4.69, 9.17) is 4.74 Å². The maximum absolute atomic E-state index is 5.59. The molecule has 0 aromatic rings. The number of ether oxygens (including phenoxy) is 1. The summed E-state index contributed by atoms with van der Waals surface area (Å²) in [7, 11) is 0. The zero-order chi connectivity index (χ0) is 9.38. The fourth-order valence-electron chi connectivity index (χ4n) is 2.14. The Bertz CT molecular complexity index is 417. The minimum Gasteiger partial charge on any atom is -0.464 e. The summed E-state index contributed by atoms with van der Waals surface area (Å²) in [6.45, 7) is 0. The summed E-state index contributed by atoms with van der Waals surface area (Å²) < 4.78 is 5.59. The van der Waals surface area contributed by atoms with Gasteiger partial charge in [-0.25, -0.2) is 0 Å². The van der Waals surface area contributed by atoms with Gasteiger partial charge in [-0.05, 0) is 30.9 Å². The maximum atomic E-state index is 5.59. The Morgan fingerprint density at radius 3 is 3.14 bits per heavy atom. The van der Waals surface area contributed by atoms with Gasteiger partial charge in [0.15, 0.2) is 0 Å². The van der Waals surface area contributed by atoms with E-state index in [1.165, 1.54) is 16.7 Å². The fraction of sp³-hybridized carbons (Fsp3) is 0.231. The van der Waals surface area contributed by atoms with Crippen molar-refractivity contribution in [3.63, 3.8) is 0 Å². The van der Waals surface area contributed by atoms with Crippen LogP contribution in [-0.4, -0.2) is 0 Å². The quantitative estimate of drug-likeness (QED) is 0.560. The predicted octanol–water partition coefficient (Wildman–Crippen LogP) is 3.39. The zero-order valence-corrected chi connectivity index (χ0v) is 7.99. The molecule has 3 aliphatic rings. The molecule has 1 nitrogen and oxygen atoms in total. The number of hydrogen-bond donors (Lipinski definition) is 0. The van der Waals surface area contributed by atoms with Crippen LogP contribution in [0.1, 0.15) is 19.3 Å². The van der Waals surface area contributed by atoms with E-state index < -0.39 is 0 Å². The van der Waals surface area contributed by atoms with Gasteiger partial charge < -0.3 is 4.74 Å². The van der Waals surface area contributed by atoms with Gasteiger partial charge in [0.2, 0.25) is 0 Å². The minimum absolute atomic E-state index is 1.04. The van der Waals surface area contributed by atoms with Crippen molar-refractivity contribution in [1.82, 2.24) is 0 Å². The third kappa shape index (κ3) is 1.09. The van der Waals surface area contributed by atoms with Crippen molar-refractivity contribution >= 4 is 0 Å². The van der Waals surface area contributed by atoms with Crippen LogP contribution >= 0.6 is 0 Å². The van der Waals surface area contributed by atoms with Crippen LogP contribution in [0.4, 0.5) is 0 Å². The van der Waals surface area contributed by atoms with Crippen molar-refractivity contribution in [2.24, 2.45) is 0 Å². The Kier molecular flexibility index (Phi) is 1.69. The van der Waals surface area contributed by atoms with E-state index in [0.717, 1.165) is 25.0 Å². The number of hydrogen-bond acceptors (Lipinski definition) is 1. The SMILES string of the molecule is C1=CC2=COC3=C(CCC=C3)C2=CC1. The summed E-state index contributed by atoms with van der Waals surface area (Å²) in [5.74, 6) is 1.04. The molecule has 0 aromatic carbocycles. The molecule has 0 saturated carbocycles. The Hall–Kier alpha value is -1.50. The Labute approximate surface area is 83.8 Å². The van der Waals surface area contributed by atoms with Crippen molar-refractivity contribution < 1.29 is 4.74 Å². The van der Waals surface area contributed by atoms with Gasteiger partial charge in [0.1, 0.15) is 5.76 Å². The van der Waals surface area contributed by atoms with Crippen molar-refractivity contribution in [3.8, 4) is 0 Å². The molecule has 1 heteroatoms. The Balaban J connectivity index is 2.08. The van der Waals surface area contributed by atoms with E-state index >= 15 is 0 Å². The maximum Gasteiger partial charge on any atom is 0.130 e. The third-order valence-electron chi connectivity index (χ3n) is 2.83. The van der Waals surface area contributed by atoms with Gasteiger partial charge in [0, 0.05) is 11.1 Å². The summed E-state index contributed by atoms with van der Waals surface area (Å²) in [5.41, 5.74) is 4.00. The lowest BCUT2D eigenvalue weighted by molar-refractivity contribution is 0.351. The Morgan fingerprint density at radius 2 is 2.14 bits per heavy atom. The van der Waals surface area contributed by atoms with E-state index in [-0.39, 0.29) is 0 Å². The van der Waals surface area contributed by atoms with E-state index in [9.17, 15) is 0 Å². The lowest BCUT2D eigenvalue weighted by Gasteiger charge is -2.24. The van der Waals surface area contributed by atoms with Crippen molar-refractivity contribution in [2.75, 3.05) is 0 Å². The fourth-order valence-corrected chi connectivity index (χ4v) is 2.14. The van der Waals surface area contributed by atoms with Crippen LogP contribution in [0.2, 0.25) is 0 Å². The summed E-state index contributed by atoms with van der Waals surface area (Å²) in [4.78, 5) is 0.